The monoisotopic (exact) mass is 198 g/mol. The van der Waals surface area contributed by atoms with E-state index in [1.165, 1.54) is 12.1 Å². The van der Waals surface area contributed by atoms with Crippen molar-refractivity contribution in [3.63, 3.8) is 0 Å². The number of hydrogen-bond acceptors (Lipinski definition) is 1. The van der Waals surface area contributed by atoms with Crippen LogP contribution in [0.3, 0.4) is 0 Å². The summed E-state index contributed by atoms with van der Waals surface area (Å²) in [5, 5.41) is 0. The smallest absolute Gasteiger partial charge is 0.167 e. The Balaban J connectivity index is 2.02. The van der Waals surface area contributed by atoms with Crippen molar-refractivity contribution in [2.24, 2.45) is 5.92 Å². The molecule has 1 saturated carbocycles. The molecule has 14 heavy (non-hydrogen) atoms. The molecule has 1 fully saturated rings. The van der Waals surface area contributed by atoms with Crippen LogP contribution in [0.1, 0.15) is 19.8 Å². The summed E-state index contributed by atoms with van der Waals surface area (Å²) in [5.74, 6) is -0.381. The van der Waals surface area contributed by atoms with Crippen molar-refractivity contribution in [1.82, 2.24) is 0 Å². The van der Waals surface area contributed by atoms with Gasteiger partial charge in [-0.1, -0.05) is 6.92 Å². The highest BCUT2D eigenvalue weighted by molar-refractivity contribution is 5.25. The minimum absolute atomic E-state index is 0.102. The van der Waals surface area contributed by atoms with Crippen molar-refractivity contribution in [3.05, 3.63) is 29.8 Å². The minimum Gasteiger partial charge on any atom is -0.487 e. The van der Waals surface area contributed by atoms with Crippen LogP contribution in [0.5, 0.6) is 5.75 Å². The molecule has 1 aliphatic carbocycles. The Kier molecular flexibility index (Phi) is 2.40. The summed E-state index contributed by atoms with van der Waals surface area (Å²) in [5.41, 5.74) is 0. The fraction of sp³-hybridized carbons (Fsp3) is 0.455. The van der Waals surface area contributed by atoms with Crippen LogP contribution in [0.4, 0.5) is 8.78 Å². The van der Waals surface area contributed by atoms with Gasteiger partial charge in [0, 0.05) is 6.07 Å². The van der Waals surface area contributed by atoms with Crippen LogP contribution >= 0.6 is 0 Å². The molecule has 0 heterocycles. The van der Waals surface area contributed by atoms with E-state index in [2.05, 4.69) is 6.92 Å². The van der Waals surface area contributed by atoms with Gasteiger partial charge >= 0.3 is 0 Å². The van der Waals surface area contributed by atoms with Crippen molar-refractivity contribution in [2.75, 3.05) is 0 Å². The zero-order valence-electron chi connectivity index (χ0n) is 7.97. The van der Waals surface area contributed by atoms with E-state index in [4.69, 9.17) is 4.74 Å². The van der Waals surface area contributed by atoms with Crippen LogP contribution in [0.25, 0.3) is 0 Å². The molecule has 0 unspecified atom stereocenters. The molecule has 0 saturated heterocycles. The highest BCUT2D eigenvalue weighted by Crippen LogP contribution is 2.31. The van der Waals surface area contributed by atoms with E-state index < -0.39 is 11.6 Å². The Morgan fingerprint density at radius 1 is 1.29 bits per heavy atom. The maximum atomic E-state index is 13.1. The fourth-order valence-electron chi connectivity index (χ4n) is 1.68. The molecule has 0 atom stereocenters. The van der Waals surface area contributed by atoms with Crippen molar-refractivity contribution in [3.8, 4) is 5.75 Å². The van der Waals surface area contributed by atoms with E-state index in [0.29, 0.717) is 5.92 Å². The number of benzene rings is 1. The summed E-state index contributed by atoms with van der Waals surface area (Å²) in [7, 11) is 0. The molecule has 0 spiro atoms. The molecule has 0 N–H and O–H groups in total. The van der Waals surface area contributed by atoms with Gasteiger partial charge in [0.1, 0.15) is 5.82 Å². The van der Waals surface area contributed by atoms with Crippen LogP contribution < -0.4 is 4.74 Å². The van der Waals surface area contributed by atoms with Crippen molar-refractivity contribution in [2.45, 2.75) is 25.9 Å². The quantitative estimate of drug-likeness (QED) is 0.709. The number of ether oxygens (including phenoxy) is 1. The second kappa shape index (κ2) is 3.56. The van der Waals surface area contributed by atoms with Gasteiger partial charge in [0.15, 0.2) is 11.6 Å². The number of rotatable bonds is 2. The van der Waals surface area contributed by atoms with Gasteiger partial charge in [-0.3, -0.25) is 0 Å². The largest absolute Gasteiger partial charge is 0.487 e. The molecule has 1 aromatic carbocycles. The Hall–Kier alpha value is -1.12. The summed E-state index contributed by atoms with van der Waals surface area (Å²) in [4.78, 5) is 0. The summed E-state index contributed by atoms with van der Waals surface area (Å²) < 4.78 is 31.0. The third-order valence-corrected chi connectivity index (χ3v) is 2.52. The summed E-state index contributed by atoms with van der Waals surface area (Å²) in [6.45, 7) is 2.13. The van der Waals surface area contributed by atoms with Crippen molar-refractivity contribution in [1.29, 1.82) is 0 Å². The lowest BCUT2D eigenvalue weighted by Gasteiger charge is -2.32. The fourth-order valence-corrected chi connectivity index (χ4v) is 1.68. The van der Waals surface area contributed by atoms with E-state index in [9.17, 15) is 8.78 Å². The standard InChI is InChI=1S/C11H12F2O/c1-7-4-9(5-7)14-11-3-2-8(12)6-10(11)13/h2-3,6-7,9H,4-5H2,1H3. The first-order valence-electron chi connectivity index (χ1n) is 4.77. The normalized spacial score (nSPS) is 25.6. The minimum atomic E-state index is -0.621. The zero-order chi connectivity index (χ0) is 10.1. The molecule has 0 aromatic heterocycles. The molecule has 3 heteroatoms. The summed E-state index contributed by atoms with van der Waals surface area (Å²) >= 11 is 0. The lowest BCUT2D eigenvalue weighted by molar-refractivity contribution is 0.0699. The zero-order valence-corrected chi connectivity index (χ0v) is 7.97. The Morgan fingerprint density at radius 3 is 2.57 bits per heavy atom. The van der Waals surface area contributed by atoms with E-state index in [1.807, 2.05) is 0 Å². The Labute approximate surface area is 81.7 Å². The summed E-state index contributed by atoms with van der Waals surface area (Å²) in [6.07, 6.45) is 2.01. The molecule has 0 amide bonds. The van der Waals surface area contributed by atoms with Crippen LogP contribution in [-0.2, 0) is 0 Å². The van der Waals surface area contributed by atoms with Crippen LogP contribution in [-0.4, -0.2) is 6.10 Å². The topological polar surface area (TPSA) is 9.23 Å². The number of hydrogen-bond donors (Lipinski definition) is 0. The van der Waals surface area contributed by atoms with Gasteiger partial charge in [0.2, 0.25) is 0 Å². The van der Waals surface area contributed by atoms with Gasteiger partial charge in [0.05, 0.1) is 6.10 Å². The molecule has 1 aliphatic rings. The van der Waals surface area contributed by atoms with Crippen LogP contribution in [0.15, 0.2) is 18.2 Å². The molecule has 1 aromatic rings. The molecular formula is C11H12F2O. The van der Waals surface area contributed by atoms with Crippen LogP contribution in [0.2, 0.25) is 0 Å². The van der Waals surface area contributed by atoms with Gasteiger partial charge < -0.3 is 4.74 Å². The number of halogens is 2. The molecular weight excluding hydrogens is 186 g/mol. The van der Waals surface area contributed by atoms with E-state index in [1.54, 1.807) is 0 Å². The van der Waals surface area contributed by atoms with Crippen molar-refractivity contribution >= 4 is 0 Å². The maximum Gasteiger partial charge on any atom is 0.167 e. The maximum absolute atomic E-state index is 13.1. The molecule has 0 radical (unpaired) electrons. The Morgan fingerprint density at radius 2 is 2.00 bits per heavy atom. The van der Waals surface area contributed by atoms with E-state index >= 15 is 0 Å². The van der Waals surface area contributed by atoms with E-state index in [-0.39, 0.29) is 11.9 Å². The first kappa shape index (κ1) is 9.44. The lowest BCUT2D eigenvalue weighted by atomic mass is 9.84. The second-order valence-corrected chi connectivity index (χ2v) is 3.89. The van der Waals surface area contributed by atoms with Crippen molar-refractivity contribution < 1.29 is 13.5 Å². The first-order valence-corrected chi connectivity index (χ1v) is 4.77. The average molecular weight is 198 g/mol. The second-order valence-electron chi connectivity index (χ2n) is 3.89. The predicted molar refractivity (Wildman–Crippen MR) is 49.2 cm³/mol. The highest BCUT2D eigenvalue weighted by Gasteiger charge is 2.27. The molecule has 0 bridgehead atoms. The first-order chi connectivity index (χ1) is 6.65. The SMILES string of the molecule is CC1CC(Oc2ccc(F)cc2F)C1. The summed E-state index contributed by atoms with van der Waals surface area (Å²) in [6, 6.07) is 3.39. The van der Waals surface area contributed by atoms with Gasteiger partial charge in [0.25, 0.3) is 0 Å². The van der Waals surface area contributed by atoms with Gasteiger partial charge in [-0.25, -0.2) is 8.78 Å². The van der Waals surface area contributed by atoms with Crippen LogP contribution in [0, 0.1) is 17.6 Å². The third kappa shape index (κ3) is 1.86. The lowest BCUT2D eigenvalue weighted by Crippen LogP contribution is -2.32. The molecule has 76 valence electrons. The Bertz CT molecular complexity index is 332. The van der Waals surface area contributed by atoms with Gasteiger partial charge in [-0.2, -0.15) is 0 Å². The third-order valence-electron chi connectivity index (χ3n) is 2.52. The van der Waals surface area contributed by atoms with Gasteiger partial charge in [-0.15, -0.1) is 0 Å². The molecule has 2 rings (SSSR count). The average Bonchev–Trinajstić information content (AvgIpc) is 2.06. The highest BCUT2D eigenvalue weighted by atomic mass is 19.1. The van der Waals surface area contributed by atoms with E-state index in [0.717, 1.165) is 18.9 Å². The van der Waals surface area contributed by atoms with Gasteiger partial charge in [-0.05, 0) is 30.9 Å². The molecule has 1 nitrogen and oxygen atoms in total. The predicted octanol–water partition coefficient (Wildman–Crippen LogP) is 3.14. The molecule has 0 aliphatic heterocycles.